The molecular weight excluding hydrogens is 265 g/mol. The molecule has 0 aliphatic heterocycles. The second kappa shape index (κ2) is 6.72. The lowest BCUT2D eigenvalue weighted by atomic mass is 9.95. The number of ether oxygens (including phenoxy) is 1. The molecule has 21 heavy (non-hydrogen) atoms. The largest absolute Gasteiger partial charge is 0.496 e. The van der Waals surface area contributed by atoms with Crippen LogP contribution < -0.4 is 10.1 Å². The van der Waals surface area contributed by atoms with Crippen molar-refractivity contribution in [3.63, 3.8) is 0 Å². The fourth-order valence-corrected chi connectivity index (χ4v) is 2.66. The molecule has 1 unspecified atom stereocenters. The molecular formula is C18H22FNO. The molecule has 0 saturated heterocycles. The van der Waals surface area contributed by atoms with Crippen LogP contribution in [0.4, 0.5) is 4.39 Å². The Morgan fingerprint density at radius 1 is 1.14 bits per heavy atom. The molecule has 0 spiro atoms. The van der Waals surface area contributed by atoms with Crippen molar-refractivity contribution in [2.75, 3.05) is 14.2 Å². The Morgan fingerprint density at radius 2 is 1.76 bits per heavy atom. The minimum Gasteiger partial charge on any atom is -0.496 e. The number of nitrogens with one attached hydrogen (secondary N) is 1. The molecule has 0 radical (unpaired) electrons. The van der Waals surface area contributed by atoms with Gasteiger partial charge in [-0.3, -0.25) is 0 Å². The molecule has 0 aliphatic rings. The summed E-state index contributed by atoms with van der Waals surface area (Å²) >= 11 is 0. The van der Waals surface area contributed by atoms with E-state index < -0.39 is 0 Å². The van der Waals surface area contributed by atoms with Gasteiger partial charge in [-0.2, -0.15) is 0 Å². The number of rotatable bonds is 5. The molecule has 3 heteroatoms. The first-order valence-electron chi connectivity index (χ1n) is 7.12. The fourth-order valence-electron chi connectivity index (χ4n) is 2.66. The second-order valence-corrected chi connectivity index (χ2v) is 5.33. The van der Waals surface area contributed by atoms with Crippen LogP contribution in [-0.4, -0.2) is 14.2 Å². The molecule has 112 valence electrons. The maximum Gasteiger partial charge on any atom is 0.129 e. The van der Waals surface area contributed by atoms with Crippen LogP contribution in [0.25, 0.3) is 0 Å². The second-order valence-electron chi connectivity index (χ2n) is 5.33. The summed E-state index contributed by atoms with van der Waals surface area (Å²) in [6.45, 7) is 3.61. The number of methoxy groups -OCH3 is 1. The molecule has 1 N–H and O–H groups in total. The first-order chi connectivity index (χ1) is 10.1. The molecule has 2 rings (SSSR count). The zero-order chi connectivity index (χ0) is 15.4. The van der Waals surface area contributed by atoms with Gasteiger partial charge >= 0.3 is 0 Å². The molecule has 2 aromatic rings. The topological polar surface area (TPSA) is 21.3 Å². The SMILES string of the molecule is CNC(Cc1ccccc1OC)c1cc(C)c(F)c(C)c1. The van der Waals surface area contributed by atoms with Crippen LogP contribution in [0.1, 0.15) is 28.3 Å². The Labute approximate surface area is 126 Å². The van der Waals surface area contributed by atoms with E-state index in [0.29, 0.717) is 11.1 Å². The molecule has 0 aliphatic carbocycles. The zero-order valence-electron chi connectivity index (χ0n) is 13.0. The van der Waals surface area contributed by atoms with E-state index in [-0.39, 0.29) is 11.9 Å². The Morgan fingerprint density at radius 3 is 2.33 bits per heavy atom. The average Bonchev–Trinajstić information content (AvgIpc) is 2.50. The van der Waals surface area contributed by atoms with Crippen LogP contribution in [0.3, 0.4) is 0 Å². The smallest absolute Gasteiger partial charge is 0.129 e. The minimum atomic E-state index is -0.120. The van der Waals surface area contributed by atoms with Crippen LogP contribution >= 0.6 is 0 Å². The number of aryl methyl sites for hydroxylation is 2. The summed E-state index contributed by atoms with van der Waals surface area (Å²) in [5.74, 6) is 0.763. The molecule has 0 bridgehead atoms. The van der Waals surface area contributed by atoms with E-state index in [4.69, 9.17) is 4.74 Å². The molecule has 0 amide bonds. The average molecular weight is 287 g/mol. The standard InChI is InChI=1S/C18H22FNO/c1-12-9-15(10-13(2)18(12)19)16(20-3)11-14-7-5-6-8-17(14)21-4/h5-10,16,20H,11H2,1-4H3. The molecule has 0 saturated carbocycles. The molecule has 2 nitrogen and oxygen atoms in total. The summed E-state index contributed by atoms with van der Waals surface area (Å²) in [5.41, 5.74) is 3.61. The fraction of sp³-hybridized carbons (Fsp3) is 0.333. The van der Waals surface area contributed by atoms with Gasteiger partial charge in [-0.1, -0.05) is 30.3 Å². The van der Waals surface area contributed by atoms with E-state index in [2.05, 4.69) is 11.4 Å². The Hall–Kier alpha value is -1.87. The number of benzene rings is 2. The van der Waals surface area contributed by atoms with E-state index in [9.17, 15) is 4.39 Å². The van der Waals surface area contributed by atoms with Crippen LogP contribution in [0, 0.1) is 19.7 Å². The van der Waals surface area contributed by atoms with Crippen LogP contribution in [0.5, 0.6) is 5.75 Å². The van der Waals surface area contributed by atoms with Gasteiger partial charge in [-0.05, 0) is 55.6 Å². The van der Waals surface area contributed by atoms with Gasteiger partial charge < -0.3 is 10.1 Å². The molecule has 0 aromatic heterocycles. The van der Waals surface area contributed by atoms with E-state index in [1.807, 2.05) is 51.2 Å². The predicted molar refractivity (Wildman–Crippen MR) is 84.4 cm³/mol. The molecule has 1 atom stereocenters. The van der Waals surface area contributed by atoms with Gasteiger partial charge in [0, 0.05) is 6.04 Å². The summed E-state index contributed by atoms with van der Waals surface area (Å²) in [6.07, 6.45) is 0.797. The van der Waals surface area contributed by atoms with E-state index in [0.717, 1.165) is 23.3 Å². The summed E-state index contributed by atoms with van der Waals surface area (Å²) in [5, 5.41) is 3.31. The Kier molecular flexibility index (Phi) is 4.97. The number of likely N-dealkylation sites (N-methyl/N-ethyl adjacent to an activating group) is 1. The van der Waals surface area contributed by atoms with Crippen molar-refractivity contribution in [1.29, 1.82) is 0 Å². The van der Waals surface area contributed by atoms with Gasteiger partial charge in [-0.25, -0.2) is 4.39 Å². The van der Waals surface area contributed by atoms with Gasteiger partial charge in [0.15, 0.2) is 0 Å². The van der Waals surface area contributed by atoms with E-state index in [1.54, 1.807) is 7.11 Å². The maximum atomic E-state index is 13.8. The quantitative estimate of drug-likeness (QED) is 0.899. The third-order valence-corrected chi connectivity index (χ3v) is 3.83. The van der Waals surface area contributed by atoms with Crippen molar-refractivity contribution in [2.24, 2.45) is 0 Å². The van der Waals surface area contributed by atoms with Crippen LogP contribution in [0.2, 0.25) is 0 Å². The molecule has 2 aromatic carbocycles. The van der Waals surface area contributed by atoms with Crippen LogP contribution in [0.15, 0.2) is 36.4 Å². The number of hydrogen-bond donors (Lipinski definition) is 1. The molecule has 0 heterocycles. The number of para-hydroxylation sites is 1. The first kappa shape index (κ1) is 15.5. The van der Waals surface area contributed by atoms with E-state index >= 15 is 0 Å². The lowest BCUT2D eigenvalue weighted by Crippen LogP contribution is -2.19. The van der Waals surface area contributed by atoms with Crippen LogP contribution in [-0.2, 0) is 6.42 Å². The monoisotopic (exact) mass is 287 g/mol. The van der Waals surface area contributed by atoms with Gasteiger partial charge in [-0.15, -0.1) is 0 Å². The zero-order valence-corrected chi connectivity index (χ0v) is 13.0. The maximum absolute atomic E-state index is 13.8. The number of halogens is 1. The number of hydrogen-bond acceptors (Lipinski definition) is 2. The first-order valence-corrected chi connectivity index (χ1v) is 7.12. The highest BCUT2D eigenvalue weighted by atomic mass is 19.1. The minimum absolute atomic E-state index is 0.120. The van der Waals surface area contributed by atoms with Crippen molar-refractivity contribution in [3.05, 3.63) is 64.5 Å². The highest BCUT2D eigenvalue weighted by Crippen LogP contribution is 2.26. The summed E-state index contributed by atoms with van der Waals surface area (Å²) in [4.78, 5) is 0. The summed E-state index contributed by atoms with van der Waals surface area (Å²) < 4.78 is 19.2. The van der Waals surface area contributed by atoms with Gasteiger partial charge in [0.05, 0.1) is 7.11 Å². The third-order valence-electron chi connectivity index (χ3n) is 3.83. The van der Waals surface area contributed by atoms with Crippen molar-refractivity contribution in [2.45, 2.75) is 26.3 Å². The van der Waals surface area contributed by atoms with Gasteiger partial charge in [0.2, 0.25) is 0 Å². The Balaban J connectivity index is 2.32. The highest BCUT2D eigenvalue weighted by molar-refractivity contribution is 5.37. The Bertz CT molecular complexity index is 601. The van der Waals surface area contributed by atoms with Crippen molar-refractivity contribution >= 4 is 0 Å². The van der Waals surface area contributed by atoms with Gasteiger partial charge in [0.1, 0.15) is 11.6 Å². The van der Waals surface area contributed by atoms with Gasteiger partial charge in [0.25, 0.3) is 0 Å². The lowest BCUT2D eigenvalue weighted by Gasteiger charge is -2.20. The van der Waals surface area contributed by atoms with Crippen molar-refractivity contribution in [3.8, 4) is 5.75 Å². The summed E-state index contributed by atoms with van der Waals surface area (Å²) in [7, 11) is 3.60. The third kappa shape index (κ3) is 3.42. The predicted octanol–water partition coefficient (Wildman–Crippen LogP) is 3.95. The molecule has 0 fully saturated rings. The lowest BCUT2D eigenvalue weighted by molar-refractivity contribution is 0.406. The highest BCUT2D eigenvalue weighted by Gasteiger charge is 2.15. The van der Waals surface area contributed by atoms with E-state index in [1.165, 1.54) is 0 Å². The van der Waals surface area contributed by atoms with Crippen molar-refractivity contribution in [1.82, 2.24) is 5.32 Å². The summed E-state index contributed by atoms with van der Waals surface area (Å²) in [6, 6.07) is 11.9. The normalized spacial score (nSPS) is 12.2. The van der Waals surface area contributed by atoms with Crippen molar-refractivity contribution < 1.29 is 9.13 Å².